The van der Waals surface area contributed by atoms with Crippen LogP contribution in [0.5, 0.6) is 0 Å². The van der Waals surface area contributed by atoms with E-state index in [-0.39, 0.29) is 4.90 Å². The van der Waals surface area contributed by atoms with Crippen LogP contribution in [-0.2, 0) is 14.9 Å². The third kappa shape index (κ3) is 4.41. The average molecular weight is 243 g/mol. The van der Waals surface area contributed by atoms with Crippen LogP contribution in [-0.4, -0.2) is 32.5 Å². The van der Waals surface area contributed by atoms with Crippen LogP contribution in [0.15, 0.2) is 34.2 Å². The van der Waals surface area contributed by atoms with E-state index >= 15 is 0 Å². The van der Waals surface area contributed by atoms with Gasteiger partial charge in [-0.15, -0.1) is 0 Å². The molecule has 1 aromatic rings. The van der Waals surface area contributed by atoms with Gasteiger partial charge in [0.1, 0.15) is 6.61 Å². The Morgan fingerprint density at radius 2 is 1.94 bits per heavy atom. The Morgan fingerprint density at radius 1 is 1.31 bits per heavy atom. The fraction of sp³-hybridized carbons (Fsp3) is 0.300. The van der Waals surface area contributed by atoms with E-state index in [0.29, 0.717) is 0 Å². The number of aliphatic imine (C=N–C) groups is 1. The molecule has 1 N–H and O–H groups in total. The van der Waals surface area contributed by atoms with Crippen LogP contribution in [0.4, 0.5) is 0 Å². The second kappa shape index (κ2) is 5.62. The Labute approximate surface area is 94.5 Å². The highest BCUT2D eigenvalue weighted by atomic mass is 32.2. The Morgan fingerprint density at radius 3 is 2.25 bits per heavy atom. The van der Waals surface area contributed by atoms with Crippen LogP contribution in [0.3, 0.4) is 0 Å². The Kier molecular flexibility index (Phi) is 4.45. The highest BCUT2D eigenvalue weighted by molar-refractivity contribution is 7.85. The molecule has 0 bridgehead atoms. The topological polar surface area (TPSA) is 76.0 Å². The third-order valence-corrected chi connectivity index (χ3v) is 2.67. The maximum absolute atomic E-state index is 10.5. The molecule has 1 aromatic carbocycles. The molecular formula is C10H13NO4S. The van der Waals surface area contributed by atoms with Crippen molar-refractivity contribution < 1.29 is 17.7 Å². The van der Waals surface area contributed by atoms with Gasteiger partial charge in [0.2, 0.25) is 0 Å². The molecule has 0 atom stereocenters. The Bertz CT molecular complexity index is 444. The van der Waals surface area contributed by atoms with Crippen LogP contribution in [0.2, 0.25) is 0 Å². The fourth-order valence-corrected chi connectivity index (χ4v) is 1.45. The monoisotopic (exact) mass is 243 g/mol. The van der Waals surface area contributed by atoms with Gasteiger partial charge in [-0.2, -0.15) is 8.42 Å². The molecule has 16 heavy (non-hydrogen) atoms. The minimum atomic E-state index is -4.02. The van der Waals surface area contributed by atoms with Crippen molar-refractivity contribution >= 4 is 16.5 Å². The summed E-state index contributed by atoms with van der Waals surface area (Å²) in [5.41, 5.74) is 0.956. The van der Waals surface area contributed by atoms with Gasteiger partial charge in [-0.3, -0.25) is 9.55 Å². The summed E-state index contributed by atoms with van der Waals surface area (Å²) in [6.45, 7) is 3.47. The zero-order valence-corrected chi connectivity index (χ0v) is 9.64. The molecule has 0 aliphatic carbocycles. The van der Waals surface area contributed by atoms with Crippen LogP contribution in [0.1, 0.15) is 5.56 Å². The molecule has 0 saturated heterocycles. The predicted molar refractivity (Wildman–Crippen MR) is 60.3 cm³/mol. The number of nitrogens with zero attached hydrogens (tertiary/aromatic N) is 1. The van der Waals surface area contributed by atoms with Gasteiger partial charge in [0, 0.05) is 0 Å². The van der Waals surface area contributed by atoms with Crippen molar-refractivity contribution in [1.29, 1.82) is 0 Å². The van der Waals surface area contributed by atoms with Gasteiger partial charge in [-0.05, 0) is 19.1 Å². The minimum Gasteiger partial charge on any atom is -0.482 e. The van der Waals surface area contributed by atoms with E-state index in [9.17, 15) is 8.42 Å². The van der Waals surface area contributed by atoms with E-state index in [2.05, 4.69) is 9.73 Å². The summed E-state index contributed by atoms with van der Waals surface area (Å²) in [6, 6.07) is 5.99. The van der Waals surface area contributed by atoms with E-state index < -0.39 is 10.1 Å². The van der Waals surface area contributed by atoms with Gasteiger partial charge in [0.25, 0.3) is 10.1 Å². The molecule has 0 saturated carbocycles. The molecule has 88 valence electrons. The van der Waals surface area contributed by atoms with Crippen molar-refractivity contribution in [2.24, 2.45) is 4.99 Å². The van der Waals surface area contributed by atoms with Crippen molar-refractivity contribution in [3.05, 3.63) is 29.8 Å². The highest BCUT2D eigenvalue weighted by Gasteiger charge is 2.06. The first kappa shape index (κ1) is 12.7. The molecule has 0 fully saturated rings. The molecular weight excluding hydrogens is 230 g/mol. The zero-order chi connectivity index (χ0) is 12.0. The van der Waals surface area contributed by atoms with Gasteiger partial charge < -0.3 is 4.74 Å². The number of ether oxygens (including phenoxy) is 1. The van der Waals surface area contributed by atoms with Crippen molar-refractivity contribution in [2.75, 3.05) is 13.2 Å². The SMILES string of the molecule is C1=NCCO1.Cc1ccc(S(=O)(=O)O)cc1. The smallest absolute Gasteiger partial charge is 0.294 e. The van der Waals surface area contributed by atoms with Gasteiger partial charge in [-0.25, -0.2) is 0 Å². The molecule has 0 amide bonds. The first-order valence-electron chi connectivity index (χ1n) is 4.64. The van der Waals surface area contributed by atoms with Crippen molar-refractivity contribution in [1.82, 2.24) is 0 Å². The lowest BCUT2D eigenvalue weighted by molar-refractivity contribution is 0.361. The molecule has 6 heteroatoms. The van der Waals surface area contributed by atoms with Crippen molar-refractivity contribution in [2.45, 2.75) is 11.8 Å². The molecule has 0 unspecified atom stereocenters. The Hall–Kier alpha value is -1.40. The summed E-state index contributed by atoms with van der Waals surface area (Å²) in [5, 5.41) is 0. The molecule has 0 radical (unpaired) electrons. The van der Waals surface area contributed by atoms with Crippen LogP contribution in [0, 0.1) is 6.92 Å². The lowest BCUT2D eigenvalue weighted by atomic mass is 10.2. The lowest BCUT2D eigenvalue weighted by Crippen LogP contribution is -1.96. The summed E-state index contributed by atoms with van der Waals surface area (Å²) in [7, 11) is -4.02. The van der Waals surface area contributed by atoms with E-state index in [0.717, 1.165) is 18.7 Å². The van der Waals surface area contributed by atoms with Gasteiger partial charge >= 0.3 is 0 Å². The molecule has 5 nitrogen and oxygen atoms in total. The summed E-state index contributed by atoms with van der Waals surface area (Å²) in [6.07, 6.45) is 1.49. The zero-order valence-electron chi connectivity index (χ0n) is 8.83. The minimum absolute atomic E-state index is 0.0666. The highest BCUT2D eigenvalue weighted by Crippen LogP contribution is 2.08. The molecule has 1 heterocycles. The van der Waals surface area contributed by atoms with E-state index in [1.165, 1.54) is 18.5 Å². The summed E-state index contributed by atoms with van der Waals surface area (Å²) < 4.78 is 34.2. The van der Waals surface area contributed by atoms with E-state index in [1.54, 1.807) is 12.1 Å². The van der Waals surface area contributed by atoms with Gasteiger partial charge in [0.05, 0.1) is 11.4 Å². The second-order valence-electron chi connectivity index (χ2n) is 3.17. The third-order valence-electron chi connectivity index (χ3n) is 1.81. The standard InChI is InChI=1S/C7H8O3S.C3H5NO/c1-6-2-4-7(5-3-6)11(8,9)10;1-2-5-3-4-1/h2-5H,1H3,(H,8,9,10);3H,1-2H2. The van der Waals surface area contributed by atoms with Crippen LogP contribution >= 0.6 is 0 Å². The van der Waals surface area contributed by atoms with E-state index in [4.69, 9.17) is 4.55 Å². The fourth-order valence-electron chi connectivity index (χ4n) is 0.974. The number of hydrogen-bond acceptors (Lipinski definition) is 4. The molecule has 2 rings (SSSR count). The summed E-state index contributed by atoms with van der Waals surface area (Å²) >= 11 is 0. The summed E-state index contributed by atoms with van der Waals surface area (Å²) in [5.74, 6) is 0. The number of hydrogen-bond donors (Lipinski definition) is 1. The maximum atomic E-state index is 10.5. The van der Waals surface area contributed by atoms with Crippen LogP contribution < -0.4 is 0 Å². The number of benzene rings is 1. The van der Waals surface area contributed by atoms with Gasteiger partial charge in [0.15, 0.2) is 6.40 Å². The largest absolute Gasteiger partial charge is 0.482 e. The molecule has 1 aliphatic heterocycles. The molecule has 1 aliphatic rings. The second-order valence-corrected chi connectivity index (χ2v) is 4.59. The lowest BCUT2D eigenvalue weighted by Gasteiger charge is -1.95. The van der Waals surface area contributed by atoms with Crippen LogP contribution in [0.25, 0.3) is 0 Å². The average Bonchev–Trinajstić information content (AvgIpc) is 2.74. The maximum Gasteiger partial charge on any atom is 0.294 e. The normalized spacial score (nSPS) is 13.9. The first-order chi connectivity index (χ1) is 7.50. The summed E-state index contributed by atoms with van der Waals surface area (Å²) in [4.78, 5) is 3.67. The van der Waals surface area contributed by atoms with Gasteiger partial charge in [-0.1, -0.05) is 17.7 Å². The number of rotatable bonds is 1. The van der Waals surface area contributed by atoms with E-state index in [1.807, 2.05) is 6.92 Å². The Balaban J connectivity index is 0.000000212. The van der Waals surface area contributed by atoms with Crippen molar-refractivity contribution in [3.63, 3.8) is 0 Å². The predicted octanol–water partition coefficient (Wildman–Crippen LogP) is 1.29. The first-order valence-corrected chi connectivity index (χ1v) is 6.08. The van der Waals surface area contributed by atoms with Crippen molar-refractivity contribution in [3.8, 4) is 0 Å². The number of aryl methyl sites for hydroxylation is 1. The quantitative estimate of drug-likeness (QED) is 0.754. The molecule has 0 spiro atoms. The molecule has 0 aromatic heterocycles.